The average Bonchev–Trinajstić information content (AvgIpc) is 3.04. The highest BCUT2D eigenvalue weighted by atomic mass is 16.5. The molecule has 1 saturated heterocycles. The van der Waals surface area contributed by atoms with Crippen molar-refractivity contribution in [3.05, 3.63) is 47.3 Å². The Labute approximate surface area is 153 Å². The van der Waals surface area contributed by atoms with Crippen LogP contribution in [0.25, 0.3) is 5.69 Å². The summed E-state index contributed by atoms with van der Waals surface area (Å²) in [5, 5.41) is 4.28. The smallest absolute Gasteiger partial charge is 0.341 e. The van der Waals surface area contributed by atoms with Crippen LogP contribution in [0.2, 0.25) is 0 Å². The zero-order valence-electron chi connectivity index (χ0n) is 15.6. The molecule has 0 aliphatic carbocycles. The molecule has 3 rings (SSSR count). The summed E-state index contributed by atoms with van der Waals surface area (Å²) in [6.45, 7) is 7.80. The van der Waals surface area contributed by atoms with Crippen molar-refractivity contribution >= 4 is 11.9 Å². The zero-order chi connectivity index (χ0) is 18.7. The van der Waals surface area contributed by atoms with E-state index in [1.54, 1.807) is 11.6 Å². The van der Waals surface area contributed by atoms with E-state index in [2.05, 4.69) is 12.0 Å². The third-order valence-corrected chi connectivity index (χ3v) is 4.93. The highest BCUT2D eigenvalue weighted by Crippen LogP contribution is 2.20. The number of piperidine rings is 1. The molecule has 1 aliphatic rings. The van der Waals surface area contributed by atoms with E-state index in [-0.39, 0.29) is 11.9 Å². The summed E-state index contributed by atoms with van der Waals surface area (Å²) in [6.07, 6.45) is 3.64. The number of rotatable bonds is 4. The van der Waals surface area contributed by atoms with Crippen LogP contribution in [-0.4, -0.2) is 46.3 Å². The minimum absolute atomic E-state index is 0.0767. The number of carbonyl (C=O) groups excluding carboxylic acids is 2. The summed E-state index contributed by atoms with van der Waals surface area (Å²) in [7, 11) is 0. The van der Waals surface area contributed by atoms with E-state index in [0.29, 0.717) is 29.3 Å². The summed E-state index contributed by atoms with van der Waals surface area (Å²) < 4.78 is 6.72. The molecular weight excluding hydrogens is 330 g/mol. The van der Waals surface area contributed by atoms with Crippen molar-refractivity contribution in [1.29, 1.82) is 0 Å². The minimum atomic E-state index is -0.373. The van der Waals surface area contributed by atoms with Crippen LogP contribution in [-0.2, 0) is 4.74 Å². The normalized spacial score (nSPS) is 15.1. The molecule has 138 valence electrons. The number of nitrogens with zero attached hydrogens (tertiary/aromatic N) is 3. The number of hydrogen-bond acceptors (Lipinski definition) is 4. The molecule has 0 unspecified atom stereocenters. The van der Waals surface area contributed by atoms with E-state index < -0.39 is 0 Å². The van der Waals surface area contributed by atoms with Gasteiger partial charge in [0, 0.05) is 18.7 Å². The van der Waals surface area contributed by atoms with Crippen LogP contribution in [0, 0.1) is 12.8 Å². The molecule has 1 aromatic carbocycles. The lowest BCUT2D eigenvalue weighted by molar-refractivity contribution is 0.0525. The SMILES string of the molecule is CCOC(=O)c1cnn(-c2ccc(C(=O)N3CCC(C)CC3)cc2)c1C. The monoisotopic (exact) mass is 355 g/mol. The van der Waals surface area contributed by atoms with E-state index in [9.17, 15) is 9.59 Å². The Morgan fingerprint density at radius 1 is 1.19 bits per heavy atom. The number of hydrogen-bond donors (Lipinski definition) is 0. The van der Waals surface area contributed by atoms with Gasteiger partial charge >= 0.3 is 5.97 Å². The van der Waals surface area contributed by atoms with Crippen LogP contribution in [0.5, 0.6) is 0 Å². The molecule has 0 radical (unpaired) electrons. The number of carbonyl (C=O) groups is 2. The maximum absolute atomic E-state index is 12.6. The van der Waals surface area contributed by atoms with Crippen LogP contribution >= 0.6 is 0 Å². The lowest BCUT2D eigenvalue weighted by atomic mass is 9.98. The van der Waals surface area contributed by atoms with E-state index in [1.807, 2.05) is 36.1 Å². The van der Waals surface area contributed by atoms with Gasteiger partial charge in [0.1, 0.15) is 5.56 Å². The first-order chi connectivity index (χ1) is 12.5. The van der Waals surface area contributed by atoms with Crippen LogP contribution in [0.15, 0.2) is 30.5 Å². The molecule has 0 bridgehead atoms. The Balaban J connectivity index is 1.76. The first-order valence-electron chi connectivity index (χ1n) is 9.12. The molecule has 0 spiro atoms. The quantitative estimate of drug-likeness (QED) is 0.790. The molecule has 6 nitrogen and oxygen atoms in total. The van der Waals surface area contributed by atoms with Crippen LogP contribution in [0.4, 0.5) is 0 Å². The van der Waals surface area contributed by atoms with Crippen molar-refractivity contribution in [2.24, 2.45) is 5.92 Å². The molecule has 0 atom stereocenters. The third kappa shape index (κ3) is 3.64. The average molecular weight is 355 g/mol. The van der Waals surface area contributed by atoms with Crippen LogP contribution < -0.4 is 0 Å². The van der Waals surface area contributed by atoms with Crippen molar-refractivity contribution in [1.82, 2.24) is 14.7 Å². The summed E-state index contributed by atoms with van der Waals surface area (Å²) in [4.78, 5) is 26.5. The lowest BCUT2D eigenvalue weighted by Crippen LogP contribution is -2.37. The van der Waals surface area contributed by atoms with E-state index >= 15 is 0 Å². The van der Waals surface area contributed by atoms with Gasteiger partial charge in [-0.1, -0.05) is 6.92 Å². The molecule has 1 aliphatic heterocycles. The number of benzene rings is 1. The van der Waals surface area contributed by atoms with Crippen LogP contribution in [0.3, 0.4) is 0 Å². The van der Waals surface area contributed by atoms with E-state index in [1.165, 1.54) is 6.20 Å². The van der Waals surface area contributed by atoms with Gasteiger partial charge in [-0.15, -0.1) is 0 Å². The predicted molar refractivity (Wildman–Crippen MR) is 98.6 cm³/mol. The first-order valence-corrected chi connectivity index (χ1v) is 9.12. The van der Waals surface area contributed by atoms with Crippen molar-refractivity contribution in [3.63, 3.8) is 0 Å². The van der Waals surface area contributed by atoms with Gasteiger partial charge in [0.05, 0.1) is 24.2 Å². The molecule has 6 heteroatoms. The maximum atomic E-state index is 12.6. The maximum Gasteiger partial charge on any atom is 0.341 e. The Kier molecular flexibility index (Phi) is 5.40. The topological polar surface area (TPSA) is 64.4 Å². The second-order valence-corrected chi connectivity index (χ2v) is 6.80. The van der Waals surface area contributed by atoms with Crippen LogP contribution in [0.1, 0.15) is 53.1 Å². The Morgan fingerprint density at radius 2 is 1.85 bits per heavy atom. The molecule has 0 N–H and O–H groups in total. The fourth-order valence-electron chi connectivity index (χ4n) is 3.22. The second kappa shape index (κ2) is 7.72. The van der Waals surface area contributed by atoms with Crippen molar-refractivity contribution in [3.8, 4) is 5.69 Å². The summed E-state index contributed by atoms with van der Waals surface area (Å²) in [5.41, 5.74) is 2.66. The van der Waals surface area contributed by atoms with E-state index in [4.69, 9.17) is 4.74 Å². The largest absolute Gasteiger partial charge is 0.462 e. The molecule has 1 amide bonds. The number of esters is 1. The molecule has 2 aromatic rings. The molecule has 2 heterocycles. The zero-order valence-corrected chi connectivity index (χ0v) is 15.6. The molecule has 1 fully saturated rings. The summed E-state index contributed by atoms with van der Waals surface area (Å²) >= 11 is 0. The first kappa shape index (κ1) is 18.2. The van der Waals surface area contributed by atoms with Crippen molar-refractivity contribution in [2.45, 2.75) is 33.6 Å². The second-order valence-electron chi connectivity index (χ2n) is 6.80. The number of ether oxygens (including phenoxy) is 1. The van der Waals surface area contributed by atoms with Gasteiger partial charge in [0.2, 0.25) is 0 Å². The molecule has 1 aromatic heterocycles. The Hall–Kier alpha value is -2.63. The van der Waals surface area contributed by atoms with Crippen molar-refractivity contribution in [2.75, 3.05) is 19.7 Å². The fraction of sp³-hybridized carbons (Fsp3) is 0.450. The lowest BCUT2D eigenvalue weighted by Gasteiger charge is -2.30. The van der Waals surface area contributed by atoms with Gasteiger partial charge in [-0.2, -0.15) is 5.10 Å². The van der Waals surface area contributed by atoms with Crippen molar-refractivity contribution < 1.29 is 14.3 Å². The number of aromatic nitrogens is 2. The van der Waals surface area contributed by atoms with Gasteiger partial charge in [-0.25, -0.2) is 9.48 Å². The van der Waals surface area contributed by atoms with Gasteiger partial charge in [-0.3, -0.25) is 4.79 Å². The van der Waals surface area contributed by atoms with Gasteiger partial charge < -0.3 is 9.64 Å². The predicted octanol–water partition coefficient (Wildman–Crippen LogP) is 3.23. The van der Waals surface area contributed by atoms with E-state index in [0.717, 1.165) is 31.6 Å². The number of likely N-dealkylation sites (tertiary alicyclic amines) is 1. The third-order valence-electron chi connectivity index (χ3n) is 4.93. The van der Waals surface area contributed by atoms with Gasteiger partial charge in [0.25, 0.3) is 5.91 Å². The number of amides is 1. The molecular formula is C20H25N3O3. The Morgan fingerprint density at radius 3 is 2.46 bits per heavy atom. The summed E-state index contributed by atoms with van der Waals surface area (Å²) in [6, 6.07) is 7.35. The van der Waals surface area contributed by atoms with Gasteiger partial charge in [0.15, 0.2) is 0 Å². The fourth-order valence-corrected chi connectivity index (χ4v) is 3.22. The standard InChI is InChI=1S/C20H25N3O3/c1-4-26-20(25)18-13-21-23(15(18)3)17-7-5-16(6-8-17)19(24)22-11-9-14(2)10-12-22/h5-8,13-14H,4,9-12H2,1-3H3. The minimum Gasteiger partial charge on any atom is -0.462 e. The summed E-state index contributed by atoms with van der Waals surface area (Å²) in [5.74, 6) is 0.396. The molecule has 26 heavy (non-hydrogen) atoms. The highest BCUT2D eigenvalue weighted by Gasteiger charge is 2.21. The molecule has 0 saturated carbocycles. The van der Waals surface area contributed by atoms with Gasteiger partial charge in [-0.05, 0) is 56.9 Å². The highest BCUT2D eigenvalue weighted by molar-refractivity contribution is 5.94. The Bertz CT molecular complexity index is 787.